The molecule has 0 saturated heterocycles. The average molecular weight is 346 g/mol. The summed E-state index contributed by atoms with van der Waals surface area (Å²) < 4.78 is 10.0. The van der Waals surface area contributed by atoms with Crippen molar-refractivity contribution in [1.29, 1.82) is 0 Å². The van der Waals surface area contributed by atoms with Crippen LogP contribution in [0.1, 0.15) is 18.9 Å². The van der Waals surface area contributed by atoms with Gasteiger partial charge in [0, 0.05) is 31.3 Å². The minimum absolute atomic E-state index is 0.0980. The lowest BCUT2D eigenvalue weighted by Crippen LogP contribution is -2.32. The first-order chi connectivity index (χ1) is 11.9. The van der Waals surface area contributed by atoms with Crippen molar-refractivity contribution in [1.82, 2.24) is 10.2 Å². The molecule has 1 N–H and O–H groups in total. The Morgan fingerprint density at radius 3 is 2.56 bits per heavy atom. The SMILES string of the molecule is COC(=O)C1=C(C)NC(=O)[C@@H]1CC(=O)N(C)Cc1ccccc1OC. The molecule has 0 saturated carbocycles. The van der Waals surface area contributed by atoms with Gasteiger partial charge in [-0.05, 0) is 13.0 Å². The lowest BCUT2D eigenvalue weighted by Gasteiger charge is -2.20. The molecular formula is C18H22N2O5. The molecule has 0 fully saturated rings. The van der Waals surface area contributed by atoms with Crippen molar-refractivity contribution in [3.63, 3.8) is 0 Å². The number of para-hydroxylation sites is 1. The van der Waals surface area contributed by atoms with Crippen molar-refractivity contribution in [2.24, 2.45) is 5.92 Å². The Kier molecular flexibility index (Phi) is 5.80. The maximum Gasteiger partial charge on any atom is 0.336 e. The van der Waals surface area contributed by atoms with E-state index < -0.39 is 11.9 Å². The third kappa shape index (κ3) is 3.99. The number of rotatable bonds is 6. The summed E-state index contributed by atoms with van der Waals surface area (Å²) in [7, 11) is 4.47. The molecule has 0 unspecified atom stereocenters. The van der Waals surface area contributed by atoms with Gasteiger partial charge in [0.2, 0.25) is 11.8 Å². The van der Waals surface area contributed by atoms with Crippen LogP contribution in [0, 0.1) is 5.92 Å². The first-order valence-corrected chi connectivity index (χ1v) is 7.84. The Balaban J connectivity index is 2.10. The van der Waals surface area contributed by atoms with Gasteiger partial charge < -0.3 is 19.7 Å². The van der Waals surface area contributed by atoms with E-state index in [-0.39, 0.29) is 23.8 Å². The van der Waals surface area contributed by atoms with E-state index in [0.717, 1.165) is 5.56 Å². The van der Waals surface area contributed by atoms with Crippen LogP contribution in [0.3, 0.4) is 0 Å². The van der Waals surface area contributed by atoms with Crippen LogP contribution in [-0.2, 0) is 25.7 Å². The quantitative estimate of drug-likeness (QED) is 0.783. The van der Waals surface area contributed by atoms with Gasteiger partial charge in [-0.2, -0.15) is 0 Å². The number of hydrogen-bond acceptors (Lipinski definition) is 5. The van der Waals surface area contributed by atoms with E-state index in [1.165, 1.54) is 12.0 Å². The first kappa shape index (κ1) is 18.5. The Labute approximate surface area is 146 Å². The molecule has 0 aromatic heterocycles. The van der Waals surface area contributed by atoms with Crippen molar-refractivity contribution in [3.8, 4) is 5.75 Å². The van der Waals surface area contributed by atoms with Crippen LogP contribution in [0.15, 0.2) is 35.5 Å². The summed E-state index contributed by atoms with van der Waals surface area (Å²) in [6.45, 7) is 1.96. The molecule has 1 heterocycles. The summed E-state index contributed by atoms with van der Waals surface area (Å²) in [4.78, 5) is 38.0. The van der Waals surface area contributed by atoms with Crippen LogP contribution in [0.5, 0.6) is 5.75 Å². The standard InChI is InChI=1S/C18H22N2O5/c1-11-16(18(23)25-4)13(17(22)19-11)9-15(21)20(2)10-12-7-5-6-8-14(12)24-3/h5-8,13H,9-10H2,1-4H3,(H,19,22)/t13-/m1/s1. The van der Waals surface area contributed by atoms with Gasteiger partial charge in [0.1, 0.15) is 5.75 Å². The lowest BCUT2D eigenvalue weighted by atomic mass is 9.96. The number of amides is 2. The molecule has 1 aromatic carbocycles. The molecule has 25 heavy (non-hydrogen) atoms. The molecule has 1 aliphatic rings. The number of allylic oxidation sites excluding steroid dienone is 1. The first-order valence-electron chi connectivity index (χ1n) is 7.84. The van der Waals surface area contributed by atoms with Crippen molar-refractivity contribution in [2.45, 2.75) is 19.9 Å². The Hall–Kier alpha value is -2.83. The van der Waals surface area contributed by atoms with Gasteiger partial charge in [-0.3, -0.25) is 9.59 Å². The highest BCUT2D eigenvalue weighted by Crippen LogP contribution is 2.27. The van der Waals surface area contributed by atoms with Crippen LogP contribution in [0.25, 0.3) is 0 Å². The fraction of sp³-hybridized carbons (Fsp3) is 0.389. The van der Waals surface area contributed by atoms with Gasteiger partial charge in [-0.1, -0.05) is 18.2 Å². The molecule has 0 aliphatic carbocycles. The molecule has 0 radical (unpaired) electrons. The van der Waals surface area contributed by atoms with Crippen LogP contribution in [0.2, 0.25) is 0 Å². The fourth-order valence-corrected chi connectivity index (χ4v) is 2.84. The van der Waals surface area contributed by atoms with Crippen LogP contribution < -0.4 is 10.1 Å². The van der Waals surface area contributed by atoms with Gasteiger partial charge in [-0.25, -0.2) is 4.79 Å². The molecule has 0 spiro atoms. The Morgan fingerprint density at radius 2 is 1.92 bits per heavy atom. The molecule has 1 aliphatic heterocycles. The number of carbonyl (C=O) groups excluding carboxylic acids is 3. The third-order valence-electron chi connectivity index (χ3n) is 4.19. The van der Waals surface area contributed by atoms with Gasteiger partial charge in [-0.15, -0.1) is 0 Å². The number of nitrogens with zero attached hydrogens (tertiary/aromatic N) is 1. The summed E-state index contributed by atoms with van der Waals surface area (Å²) in [5.74, 6) is -1.35. The second-order valence-corrected chi connectivity index (χ2v) is 5.84. The van der Waals surface area contributed by atoms with Gasteiger partial charge in [0.15, 0.2) is 0 Å². The Bertz CT molecular complexity index is 726. The number of benzene rings is 1. The highest BCUT2D eigenvalue weighted by molar-refractivity contribution is 6.03. The van der Waals surface area contributed by atoms with E-state index in [1.807, 2.05) is 24.3 Å². The van der Waals surface area contributed by atoms with E-state index in [1.54, 1.807) is 21.1 Å². The van der Waals surface area contributed by atoms with Gasteiger partial charge in [0.05, 0.1) is 25.7 Å². The normalized spacial score (nSPS) is 16.5. The molecule has 0 bridgehead atoms. The number of methoxy groups -OCH3 is 2. The van der Waals surface area contributed by atoms with Gasteiger partial charge >= 0.3 is 5.97 Å². The second kappa shape index (κ2) is 7.83. The van der Waals surface area contributed by atoms with Crippen LogP contribution in [-0.4, -0.2) is 44.0 Å². The number of carbonyl (C=O) groups is 3. The minimum Gasteiger partial charge on any atom is -0.496 e. The maximum atomic E-state index is 12.5. The summed E-state index contributed by atoms with van der Waals surface area (Å²) in [5, 5.41) is 2.59. The van der Waals surface area contributed by atoms with Gasteiger partial charge in [0.25, 0.3) is 0 Å². The molecule has 2 rings (SSSR count). The Morgan fingerprint density at radius 1 is 1.24 bits per heavy atom. The van der Waals surface area contributed by atoms with E-state index >= 15 is 0 Å². The summed E-state index contributed by atoms with van der Waals surface area (Å²) in [6, 6.07) is 7.40. The topological polar surface area (TPSA) is 84.9 Å². The maximum absolute atomic E-state index is 12.5. The lowest BCUT2D eigenvalue weighted by molar-refractivity contribution is -0.139. The van der Waals surface area contributed by atoms with Crippen LogP contribution in [0.4, 0.5) is 0 Å². The van der Waals surface area contributed by atoms with Crippen molar-refractivity contribution < 1.29 is 23.9 Å². The zero-order chi connectivity index (χ0) is 18.6. The number of ether oxygens (including phenoxy) is 2. The van der Waals surface area contributed by atoms with E-state index in [4.69, 9.17) is 9.47 Å². The average Bonchev–Trinajstić information content (AvgIpc) is 2.88. The number of nitrogens with one attached hydrogen (secondary N) is 1. The molecule has 1 atom stereocenters. The fourth-order valence-electron chi connectivity index (χ4n) is 2.84. The number of hydrogen-bond donors (Lipinski definition) is 1. The third-order valence-corrected chi connectivity index (χ3v) is 4.19. The summed E-state index contributed by atoms with van der Waals surface area (Å²) in [6.07, 6.45) is -0.0980. The highest BCUT2D eigenvalue weighted by atomic mass is 16.5. The highest BCUT2D eigenvalue weighted by Gasteiger charge is 2.38. The predicted molar refractivity (Wildman–Crippen MR) is 90.4 cm³/mol. The smallest absolute Gasteiger partial charge is 0.336 e. The van der Waals surface area contributed by atoms with E-state index in [2.05, 4.69) is 5.32 Å². The zero-order valence-corrected chi connectivity index (χ0v) is 14.8. The van der Waals surface area contributed by atoms with Crippen molar-refractivity contribution in [2.75, 3.05) is 21.3 Å². The second-order valence-electron chi connectivity index (χ2n) is 5.84. The molecule has 1 aromatic rings. The monoisotopic (exact) mass is 346 g/mol. The molecular weight excluding hydrogens is 324 g/mol. The molecule has 7 nitrogen and oxygen atoms in total. The van der Waals surface area contributed by atoms with E-state index in [9.17, 15) is 14.4 Å². The number of esters is 1. The van der Waals surface area contributed by atoms with Crippen molar-refractivity contribution in [3.05, 3.63) is 41.1 Å². The van der Waals surface area contributed by atoms with Crippen molar-refractivity contribution >= 4 is 17.8 Å². The molecule has 134 valence electrons. The van der Waals surface area contributed by atoms with Crippen LogP contribution >= 0.6 is 0 Å². The zero-order valence-electron chi connectivity index (χ0n) is 14.8. The predicted octanol–water partition coefficient (Wildman–Crippen LogP) is 1.24. The summed E-state index contributed by atoms with van der Waals surface area (Å²) >= 11 is 0. The minimum atomic E-state index is -0.833. The summed E-state index contributed by atoms with van der Waals surface area (Å²) in [5.41, 5.74) is 1.50. The van der Waals surface area contributed by atoms with E-state index in [0.29, 0.717) is 18.0 Å². The molecule has 2 amide bonds. The molecule has 7 heteroatoms. The largest absolute Gasteiger partial charge is 0.496 e.